The first kappa shape index (κ1) is 12.3. The standard InChI is InChI=1S/C8H13F3N2O2/c1-5-2-13(4-8(9,10)11)3-6(15-5)7(12)14/h5-6H,2-4H2,1H3,(H2,12,14)/t5-,6?/m1/s1. The van der Waals surface area contributed by atoms with Crippen LogP contribution in [0.15, 0.2) is 0 Å². The predicted molar refractivity (Wildman–Crippen MR) is 46.0 cm³/mol. The van der Waals surface area contributed by atoms with E-state index in [2.05, 4.69) is 0 Å². The van der Waals surface area contributed by atoms with Crippen LogP contribution in [-0.2, 0) is 9.53 Å². The monoisotopic (exact) mass is 226 g/mol. The van der Waals surface area contributed by atoms with Gasteiger partial charge in [0.1, 0.15) is 6.10 Å². The number of hydrogen-bond donors (Lipinski definition) is 1. The van der Waals surface area contributed by atoms with Crippen molar-refractivity contribution in [3.05, 3.63) is 0 Å². The van der Waals surface area contributed by atoms with Gasteiger partial charge in [-0.2, -0.15) is 13.2 Å². The molecule has 0 aliphatic carbocycles. The van der Waals surface area contributed by atoms with Gasteiger partial charge in [0.2, 0.25) is 5.91 Å². The number of nitrogens with zero attached hydrogens (tertiary/aromatic N) is 1. The molecule has 1 saturated heterocycles. The molecule has 1 unspecified atom stereocenters. The first-order valence-corrected chi connectivity index (χ1v) is 4.52. The molecule has 7 heteroatoms. The number of alkyl halides is 3. The number of morpholine rings is 1. The molecule has 1 rings (SSSR count). The summed E-state index contributed by atoms with van der Waals surface area (Å²) in [5.74, 6) is -0.728. The number of carbonyl (C=O) groups is 1. The lowest BCUT2D eigenvalue weighted by Gasteiger charge is -2.35. The number of carbonyl (C=O) groups excluding carboxylic acids is 1. The van der Waals surface area contributed by atoms with Crippen molar-refractivity contribution >= 4 is 5.91 Å². The normalized spacial score (nSPS) is 29.1. The van der Waals surface area contributed by atoms with Crippen molar-refractivity contribution in [2.75, 3.05) is 19.6 Å². The Kier molecular flexibility index (Phi) is 3.56. The van der Waals surface area contributed by atoms with E-state index < -0.39 is 30.8 Å². The smallest absolute Gasteiger partial charge is 0.367 e. The van der Waals surface area contributed by atoms with E-state index in [9.17, 15) is 18.0 Å². The molecule has 2 atom stereocenters. The summed E-state index contributed by atoms with van der Waals surface area (Å²) in [6.07, 6.45) is -5.63. The van der Waals surface area contributed by atoms with Crippen LogP contribution in [0.25, 0.3) is 0 Å². The molecule has 1 amide bonds. The van der Waals surface area contributed by atoms with E-state index in [0.717, 1.165) is 4.90 Å². The largest absolute Gasteiger partial charge is 0.401 e. The third kappa shape index (κ3) is 4.05. The van der Waals surface area contributed by atoms with Gasteiger partial charge in [0.15, 0.2) is 0 Å². The Morgan fingerprint density at radius 3 is 2.60 bits per heavy atom. The SMILES string of the molecule is C[C@@H]1CN(CC(F)(F)F)CC(C(N)=O)O1. The van der Waals surface area contributed by atoms with Crippen LogP contribution in [0, 0.1) is 0 Å². The van der Waals surface area contributed by atoms with Crippen LogP contribution in [-0.4, -0.2) is 48.8 Å². The number of primary amides is 1. The predicted octanol–water partition coefficient (Wildman–Crippen LogP) is 0.123. The van der Waals surface area contributed by atoms with Gasteiger partial charge < -0.3 is 10.5 Å². The van der Waals surface area contributed by atoms with Crippen molar-refractivity contribution in [3.63, 3.8) is 0 Å². The Morgan fingerprint density at radius 2 is 2.13 bits per heavy atom. The molecule has 2 N–H and O–H groups in total. The highest BCUT2D eigenvalue weighted by molar-refractivity contribution is 5.79. The number of nitrogens with two attached hydrogens (primary N) is 1. The van der Waals surface area contributed by atoms with Gasteiger partial charge in [-0.15, -0.1) is 0 Å². The summed E-state index contributed by atoms with van der Waals surface area (Å²) >= 11 is 0. The molecule has 1 heterocycles. The van der Waals surface area contributed by atoms with E-state index in [4.69, 9.17) is 10.5 Å². The first-order valence-electron chi connectivity index (χ1n) is 4.52. The minimum Gasteiger partial charge on any atom is -0.367 e. The van der Waals surface area contributed by atoms with Gasteiger partial charge in [-0.3, -0.25) is 9.69 Å². The van der Waals surface area contributed by atoms with Gasteiger partial charge in [-0.1, -0.05) is 0 Å². The van der Waals surface area contributed by atoms with Crippen LogP contribution >= 0.6 is 0 Å². The zero-order valence-electron chi connectivity index (χ0n) is 8.25. The lowest BCUT2D eigenvalue weighted by Crippen LogP contribution is -2.53. The van der Waals surface area contributed by atoms with E-state index in [1.54, 1.807) is 6.92 Å². The van der Waals surface area contributed by atoms with Crippen molar-refractivity contribution in [1.82, 2.24) is 4.90 Å². The molecule has 0 aromatic carbocycles. The van der Waals surface area contributed by atoms with E-state index in [0.29, 0.717) is 0 Å². The molecule has 0 radical (unpaired) electrons. The number of ether oxygens (including phenoxy) is 1. The minimum absolute atomic E-state index is 0.0980. The van der Waals surface area contributed by atoms with Crippen LogP contribution in [0.2, 0.25) is 0 Å². The highest BCUT2D eigenvalue weighted by Crippen LogP contribution is 2.19. The number of amides is 1. The van der Waals surface area contributed by atoms with E-state index in [1.807, 2.05) is 0 Å². The van der Waals surface area contributed by atoms with Crippen molar-refractivity contribution in [2.45, 2.75) is 25.3 Å². The minimum atomic E-state index is -4.26. The third-order valence-corrected chi connectivity index (χ3v) is 2.06. The van der Waals surface area contributed by atoms with Gasteiger partial charge in [-0.05, 0) is 6.92 Å². The Labute approximate surface area is 85.2 Å². The summed E-state index contributed by atoms with van der Waals surface area (Å²) < 4.78 is 41.4. The molecule has 4 nitrogen and oxygen atoms in total. The Bertz CT molecular complexity index is 245. The van der Waals surface area contributed by atoms with Gasteiger partial charge in [0.05, 0.1) is 12.6 Å². The third-order valence-electron chi connectivity index (χ3n) is 2.06. The van der Waals surface area contributed by atoms with Gasteiger partial charge >= 0.3 is 6.18 Å². The molecule has 0 saturated carbocycles. The highest BCUT2D eigenvalue weighted by atomic mass is 19.4. The fourth-order valence-electron chi connectivity index (χ4n) is 1.58. The quantitative estimate of drug-likeness (QED) is 0.727. The van der Waals surface area contributed by atoms with Crippen molar-refractivity contribution in [3.8, 4) is 0 Å². The Balaban J connectivity index is 2.56. The fourth-order valence-corrected chi connectivity index (χ4v) is 1.58. The molecule has 15 heavy (non-hydrogen) atoms. The van der Waals surface area contributed by atoms with E-state index in [1.165, 1.54) is 0 Å². The van der Waals surface area contributed by atoms with Crippen molar-refractivity contribution in [2.24, 2.45) is 5.73 Å². The summed E-state index contributed by atoms with van der Waals surface area (Å²) in [5.41, 5.74) is 4.98. The number of hydrogen-bond acceptors (Lipinski definition) is 3. The van der Waals surface area contributed by atoms with Crippen LogP contribution in [0.5, 0.6) is 0 Å². The maximum Gasteiger partial charge on any atom is 0.401 e. The second kappa shape index (κ2) is 4.36. The van der Waals surface area contributed by atoms with Crippen molar-refractivity contribution in [1.29, 1.82) is 0 Å². The maximum absolute atomic E-state index is 12.1. The molecule has 0 spiro atoms. The molecule has 0 aromatic heterocycles. The average Bonchev–Trinajstić information content (AvgIpc) is 1.99. The summed E-state index contributed by atoms with van der Waals surface area (Å²) in [4.78, 5) is 11.9. The second-order valence-electron chi connectivity index (χ2n) is 3.65. The van der Waals surface area contributed by atoms with Crippen LogP contribution < -0.4 is 5.73 Å². The van der Waals surface area contributed by atoms with Gasteiger partial charge in [0.25, 0.3) is 0 Å². The molecule has 0 aromatic rings. The van der Waals surface area contributed by atoms with Crippen LogP contribution in [0.4, 0.5) is 13.2 Å². The lowest BCUT2D eigenvalue weighted by atomic mass is 10.2. The summed E-state index contributed by atoms with van der Waals surface area (Å²) in [6.45, 7) is 0.630. The summed E-state index contributed by atoms with van der Waals surface area (Å²) in [7, 11) is 0. The molecule has 88 valence electrons. The molecular formula is C8H13F3N2O2. The summed E-state index contributed by atoms with van der Waals surface area (Å²) in [5, 5.41) is 0. The Morgan fingerprint density at radius 1 is 1.53 bits per heavy atom. The van der Waals surface area contributed by atoms with E-state index >= 15 is 0 Å². The molecule has 1 aliphatic rings. The fraction of sp³-hybridized carbons (Fsp3) is 0.875. The molecule has 1 fully saturated rings. The zero-order valence-corrected chi connectivity index (χ0v) is 8.25. The molecule has 1 aliphatic heterocycles. The number of halogens is 3. The highest BCUT2D eigenvalue weighted by Gasteiger charge is 2.36. The zero-order chi connectivity index (χ0) is 11.6. The first-order chi connectivity index (χ1) is 6.78. The van der Waals surface area contributed by atoms with Gasteiger partial charge in [-0.25, -0.2) is 0 Å². The van der Waals surface area contributed by atoms with E-state index in [-0.39, 0.29) is 13.1 Å². The Hall–Kier alpha value is -0.820. The lowest BCUT2D eigenvalue weighted by molar-refractivity contribution is -0.172. The maximum atomic E-state index is 12.1. The summed E-state index contributed by atoms with van der Waals surface area (Å²) in [6, 6.07) is 0. The number of rotatable bonds is 2. The second-order valence-corrected chi connectivity index (χ2v) is 3.65. The van der Waals surface area contributed by atoms with Gasteiger partial charge in [0, 0.05) is 13.1 Å². The molecular weight excluding hydrogens is 213 g/mol. The van der Waals surface area contributed by atoms with Crippen LogP contribution in [0.3, 0.4) is 0 Å². The van der Waals surface area contributed by atoms with Crippen molar-refractivity contribution < 1.29 is 22.7 Å². The average molecular weight is 226 g/mol. The molecule has 0 bridgehead atoms. The van der Waals surface area contributed by atoms with Crippen LogP contribution in [0.1, 0.15) is 6.92 Å². The topological polar surface area (TPSA) is 55.6 Å².